The van der Waals surface area contributed by atoms with Gasteiger partial charge in [-0.3, -0.25) is 0 Å². The summed E-state index contributed by atoms with van der Waals surface area (Å²) in [4.78, 5) is 2.21. The van der Waals surface area contributed by atoms with Crippen LogP contribution in [0.15, 0.2) is 57.1 Å². The fourth-order valence-corrected chi connectivity index (χ4v) is 2.25. The van der Waals surface area contributed by atoms with Crippen molar-refractivity contribution < 1.29 is 17.6 Å². The molecule has 1 aromatic heterocycles. The van der Waals surface area contributed by atoms with E-state index in [1.54, 1.807) is 24.3 Å². The van der Waals surface area contributed by atoms with E-state index in [0.29, 0.717) is 18.1 Å². The van der Waals surface area contributed by atoms with E-state index in [1.807, 2.05) is 6.92 Å². The molecule has 6 nitrogen and oxygen atoms in total. The zero-order chi connectivity index (χ0) is 14.4. The molecule has 0 saturated carbocycles. The monoisotopic (exact) mass is 294 g/mol. The number of benzene rings is 1. The van der Waals surface area contributed by atoms with E-state index >= 15 is 0 Å². The lowest BCUT2D eigenvalue weighted by Crippen LogP contribution is -2.18. The van der Waals surface area contributed by atoms with Gasteiger partial charge in [-0.1, -0.05) is 0 Å². The molecule has 1 N–H and O–H groups in total. The molecule has 0 bridgehead atoms. The lowest BCUT2D eigenvalue weighted by Gasteiger charge is -2.05. The Labute approximate surface area is 117 Å². The molecule has 0 unspecified atom stereocenters. The maximum absolute atomic E-state index is 11.9. The Balaban J connectivity index is 2.06. The highest BCUT2D eigenvalue weighted by Crippen LogP contribution is 2.15. The van der Waals surface area contributed by atoms with Gasteiger partial charge in [0, 0.05) is 0 Å². The van der Waals surface area contributed by atoms with Crippen LogP contribution >= 0.6 is 0 Å². The number of hydrazone groups is 1. The molecule has 0 aliphatic heterocycles. The van der Waals surface area contributed by atoms with Gasteiger partial charge >= 0.3 is 0 Å². The van der Waals surface area contributed by atoms with Crippen molar-refractivity contribution in [3.8, 4) is 5.75 Å². The molecule has 0 aliphatic rings. The predicted octanol–water partition coefficient (Wildman–Crippen LogP) is 1.99. The zero-order valence-corrected chi connectivity index (χ0v) is 11.6. The topological polar surface area (TPSA) is 80.9 Å². The summed E-state index contributed by atoms with van der Waals surface area (Å²) in [6.45, 7) is 2.38. The van der Waals surface area contributed by atoms with Gasteiger partial charge < -0.3 is 9.15 Å². The van der Waals surface area contributed by atoms with Gasteiger partial charge in [-0.05, 0) is 43.3 Å². The van der Waals surface area contributed by atoms with E-state index in [9.17, 15) is 8.42 Å². The first kappa shape index (κ1) is 14.1. The van der Waals surface area contributed by atoms with Gasteiger partial charge in [0.05, 0.1) is 24.0 Å². The molecule has 0 fully saturated rings. The van der Waals surface area contributed by atoms with E-state index in [-0.39, 0.29) is 4.90 Å². The molecule has 0 amide bonds. The lowest BCUT2D eigenvalue weighted by atomic mass is 10.3. The third-order valence-corrected chi connectivity index (χ3v) is 3.59. The van der Waals surface area contributed by atoms with Crippen molar-refractivity contribution >= 4 is 16.2 Å². The number of nitrogens with one attached hydrogen (secondary N) is 1. The van der Waals surface area contributed by atoms with E-state index in [2.05, 4.69) is 9.93 Å². The molecule has 0 saturated heterocycles. The van der Waals surface area contributed by atoms with Crippen LogP contribution in [-0.4, -0.2) is 21.2 Å². The highest BCUT2D eigenvalue weighted by Gasteiger charge is 2.12. The molecule has 1 aromatic carbocycles. The average molecular weight is 294 g/mol. The molecule has 7 heteroatoms. The summed E-state index contributed by atoms with van der Waals surface area (Å²) in [5.74, 6) is 1.07. The largest absolute Gasteiger partial charge is 0.494 e. The maximum atomic E-state index is 11.9. The first-order valence-corrected chi connectivity index (χ1v) is 7.41. The first-order valence-electron chi connectivity index (χ1n) is 5.93. The summed E-state index contributed by atoms with van der Waals surface area (Å²) in [7, 11) is -3.69. The van der Waals surface area contributed by atoms with Crippen LogP contribution in [0.3, 0.4) is 0 Å². The maximum Gasteiger partial charge on any atom is 0.276 e. The second kappa shape index (κ2) is 6.25. The highest BCUT2D eigenvalue weighted by molar-refractivity contribution is 7.89. The fraction of sp³-hybridized carbons (Fsp3) is 0.154. The Bertz CT molecular complexity index is 661. The predicted molar refractivity (Wildman–Crippen MR) is 74.2 cm³/mol. The third-order valence-electron chi connectivity index (χ3n) is 2.35. The van der Waals surface area contributed by atoms with Crippen molar-refractivity contribution in [3.05, 3.63) is 48.4 Å². The summed E-state index contributed by atoms with van der Waals surface area (Å²) in [6, 6.07) is 9.44. The van der Waals surface area contributed by atoms with Crippen LogP contribution in [0.25, 0.3) is 0 Å². The van der Waals surface area contributed by atoms with Gasteiger partial charge in [-0.15, -0.1) is 0 Å². The van der Waals surface area contributed by atoms with Gasteiger partial charge in [0.2, 0.25) is 0 Å². The quantitative estimate of drug-likeness (QED) is 0.652. The van der Waals surface area contributed by atoms with Crippen LogP contribution in [0.5, 0.6) is 5.75 Å². The van der Waals surface area contributed by atoms with Gasteiger partial charge in [0.1, 0.15) is 11.5 Å². The van der Waals surface area contributed by atoms with Crippen molar-refractivity contribution in [2.45, 2.75) is 11.8 Å². The Morgan fingerprint density at radius 2 is 2.05 bits per heavy atom. The molecule has 0 aliphatic carbocycles. The first-order chi connectivity index (χ1) is 9.62. The molecule has 0 atom stereocenters. The number of rotatable bonds is 6. The number of sulfonamides is 1. The fourth-order valence-electron chi connectivity index (χ4n) is 1.46. The molecule has 1 heterocycles. The second-order valence-corrected chi connectivity index (χ2v) is 5.43. The smallest absolute Gasteiger partial charge is 0.276 e. The molecule has 0 spiro atoms. The molecule has 106 valence electrons. The molecule has 20 heavy (non-hydrogen) atoms. The van der Waals surface area contributed by atoms with Crippen LogP contribution < -0.4 is 9.57 Å². The van der Waals surface area contributed by atoms with E-state index in [0.717, 1.165) is 0 Å². The molecule has 2 rings (SSSR count). The van der Waals surface area contributed by atoms with Crippen molar-refractivity contribution in [3.63, 3.8) is 0 Å². The van der Waals surface area contributed by atoms with Crippen molar-refractivity contribution in [1.82, 2.24) is 4.83 Å². The van der Waals surface area contributed by atoms with Crippen LogP contribution in [0.1, 0.15) is 12.7 Å². The minimum absolute atomic E-state index is 0.109. The number of hydrogen-bond donors (Lipinski definition) is 1. The number of furan rings is 1. The van der Waals surface area contributed by atoms with Gasteiger partial charge in [0.15, 0.2) is 0 Å². The second-order valence-electron chi connectivity index (χ2n) is 3.77. The molecule has 2 aromatic rings. The minimum Gasteiger partial charge on any atom is -0.494 e. The molecular weight excluding hydrogens is 280 g/mol. The SMILES string of the molecule is CCOc1ccc(S(=O)(=O)N/N=C\c2ccco2)cc1. The van der Waals surface area contributed by atoms with Crippen LogP contribution in [0, 0.1) is 0 Å². The summed E-state index contributed by atoms with van der Waals surface area (Å²) >= 11 is 0. The minimum atomic E-state index is -3.69. The average Bonchev–Trinajstić information content (AvgIpc) is 2.93. The molecular formula is C13H14N2O4S. The number of ether oxygens (including phenoxy) is 1. The normalized spacial score (nSPS) is 11.7. The Morgan fingerprint density at radius 1 is 1.30 bits per heavy atom. The summed E-state index contributed by atoms with van der Waals surface area (Å²) in [6.07, 6.45) is 2.76. The summed E-state index contributed by atoms with van der Waals surface area (Å²) in [5.41, 5.74) is 0. The number of nitrogens with zero attached hydrogens (tertiary/aromatic N) is 1. The van der Waals surface area contributed by atoms with E-state index in [1.165, 1.54) is 24.6 Å². The van der Waals surface area contributed by atoms with Crippen LogP contribution in [0.2, 0.25) is 0 Å². The van der Waals surface area contributed by atoms with E-state index < -0.39 is 10.0 Å². The van der Waals surface area contributed by atoms with Crippen LogP contribution in [0.4, 0.5) is 0 Å². The summed E-state index contributed by atoms with van der Waals surface area (Å²) < 4.78 is 34.1. The van der Waals surface area contributed by atoms with Crippen molar-refractivity contribution in [2.24, 2.45) is 5.10 Å². The number of hydrogen-bond acceptors (Lipinski definition) is 5. The third kappa shape index (κ3) is 3.61. The standard InChI is InChI=1S/C13H14N2O4S/c1-2-18-11-5-7-13(8-6-11)20(16,17)15-14-10-12-4-3-9-19-12/h3-10,15H,2H2,1H3/b14-10-. The van der Waals surface area contributed by atoms with Gasteiger partial charge in [0.25, 0.3) is 10.0 Å². The lowest BCUT2D eigenvalue weighted by molar-refractivity contribution is 0.340. The van der Waals surface area contributed by atoms with Crippen LogP contribution in [-0.2, 0) is 10.0 Å². The van der Waals surface area contributed by atoms with Crippen molar-refractivity contribution in [2.75, 3.05) is 6.61 Å². The van der Waals surface area contributed by atoms with E-state index in [4.69, 9.17) is 9.15 Å². The van der Waals surface area contributed by atoms with Crippen molar-refractivity contribution in [1.29, 1.82) is 0 Å². The zero-order valence-electron chi connectivity index (χ0n) is 10.8. The summed E-state index contributed by atoms with van der Waals surface area (Å²) in [5, 5.41) is 3.63. The van der Waals surface area contributed by atoms with Gasteiger partial charge in [-0.25, -0.2) is 0 Å². The Morgan fingerprint density at radius 3 is 2.65 bits per heavy atom. The Kier molecular flexibility index (Phi) is 4.41. The Hall–Kier alpha value is -2.28. The highest BCUT2D eigenvalue weighted by atomic mass is 32.2. The van der Waals surface area contributed by atoms with Gasteiger partial charge in [-0.2, -0.15) is 18.4 Å². The molecule has 0 radical (unpaired) electrons.